The van der Waals surface area contributed by atoms with Crippen LogP contribution in [-0.2, 0) is 33.5 Å². The number of hydrogen-bond donors (Lipinski definition) is 4. The number of ether oxygens (including phenoxy) is 1. The molecule has 31 heavy (non-hydrogen) atoms. The summed E-state index contributed by atoms with van der Waals surface area (Å²) < 4.78 is 4.59. The Morgan fingerprint density at radius 1 is 0.645 bits per heavy atom. The van der Waals surface area contributed by atoms with Crippen molar-refractivity contribution in [1.82, 2.24) is 21.3 Å². The number of rotatable bonds is 11. The van der Waals surface area contributed by atoms with E-state index in [0.29, 0.717) is 13.0 Å². The molecule has 0 saturated carbocycles. The average molecular weight is 447 g/mol. The van der Waals surface area contributed by atoms with Gasteiger partial charge in [-0.05, 0) is 19.8 Å². The molecule has 0 aromatic carbocycles. The lowest BCUT2D eigenvalue weighted by atomic mass is 10.4. The van der Waals surface area contributed by atoms with Crippen LogP contribution >= 0.6 is 0 Å². The van der Waals surface area contributed by atoms with Crippen molar-refractivity contribution in [2.75, 3.05) is 32.8 Å². The van der Waals surface area contributed by atoms with E-state index in [9.17, 15) is 28.8 Å². The van der Waals surface area contributed by atoms with Gasteiger partial charge in [-0.1, -0.05) is 20.8 Å². The number of hydrogen-bond acceptors (Lipinski definition) is 7. The Balaban J connectivity index is -0.000000415. The molecule has 0 unspecified atom stereocenters. The summed E-state index contributed by atoms with van der Waals surface area (Å²) in [7, 11) is 0. The lowest BCUT2D eigenvalue weighted by Crippen LogP contribution is -2.33. The van der Waals surface area contributed by atoms with Crippen LogP contribution in [0.3, 0.4) is 0 Å². The first-order valence-electron chi connectivity index (χ1n) is 10.2. The van der Waals surface area contributed by atoms with Crippen LogP contribution in [0.5, 0.6) is 0 Å². The van der Waals surface area contributed by atoms with Gasteiger partial charge < -0.3 is 26.0 Å². The topological polar surface area (TPSA) is 160 Å². The smallest absolute Gasteiger partial charge is 0.325 e. The Hall–Kier alpha value is -2.98. The van der Waals surface area contributed by atoms with Gasteiger partial charge in [0, 0.05) is 33.4 Å². The number of esters is 1. The lowest BCUT2D eigenvalue weighted by Gasteiger charge is -2.05. The van der Waals surface area contributed by atoms with Crippen molar-refractivity contribution in [3.8, 4) is 0 Å². The van der Waals surface area contributed by atoms with Gasteiger partial charge in [-0.15, -0.1) is 0 Å². The van der Waals surface area contributed by atoms with E-state index in [2.05, 4.69) is 26.0 Å². The Morgan fingerprint density at radius 3 is 1.45 bits per heavy atom. The minimum Gasteiger partial charge on any atom is -0.454 e. The SMILES string of the molecule is CC(=O)CNC(C)=O.CCCNC(=O)CC.CCCNC(=O)COC(=O)CNC(C)=O. The average Bonchev–Trinajstić information content (AvgIpc) is 2.72. The van der Waals surface area contributed by atoms with Crippen molar-refractivity contribution in [2.45, 2.75) is 60.8 Å². The number of nitrogens with one attached hydrogen (secondary N) is 4. The van der Waals surface area contributed by atoms with Gasteiger partial charge in [-0.25, -0.2) is 0 Å². The van der Waals surface area contributed by atoms with Crippen LogP contribution in [0.25, 0.3) is 0 Å². The first-order chi connectivity index (χ1) is 14.5. The molecule has 0 aliphatic rings. The Labute approximate surface area is 184 Å². The van der Waals surface area contributed by atoms with E-state index < -0.39 is 5.97 Å². The second-order valence-electron chi connectivity index (χ2n) is 6.24. The predicted octanol–water partition coefficient (Wildman–Crippen LogP) is -0.174. The summed E-state index contributed by atoms with van der Waals surface area (Å²) in [6, 6.07) is 0. The van der Waals surface area contributed by atoms with E-state index in [1.54, 1.807) is 0 Å². The van der Waals surface area contributed by atoms with Crippen LogP contribution in [0.15, 0.2) is 0 Å². The van der Waals surface area contributed by atoms with E-state index in [0.717, 1.165) is 19.4 Å². The molecule has 0 bridgehead atoms. The summed E-state index contributed by atoms with van der Waals surface area (Å²) in [6.07, 6.45) is 2.44. The molecule has 0 heterocycles. The molecule has 0 aromatic rings. The summed E-state index contributed by atoms with van der Waals surface area (Å²) in [5.41, 5.74) is 0. The second kappa shape index (κ2) is 23.3. The molecular formula is C20H38N4O7. The maximum absolute atomic E-state index is 11.0. The van der Waals surface area contributed by atoms with Crippen molar-refractivity contribution >= 4 is 35.4 Å². The van der Waals surface area contributed by atoms with Gasteiger partial charge >= 0.3 is 5.97 Å². The fourth-order valence-corrected chi connectivity index (χ4v) is 1.35. The summed E-state index contributed by atoms with van der Waals surface area (Å²) in [4.78, 5) is 63.0. The molecule has 0 aliphatic carbocycles. The summed E-state index contributed by atoms with van der Waals surface area (Å²) >= 11 is 0. The number of amides is 4. The third kappa shape index (κ3) is 34.9. The van der Waals surface area contributed by atoms with Gasteiger partial charge in [-0.3, -0.25) is 28.8 Å². The number of ketones is 1. The molecule has 11 nitrogen and oxygen atoms in total. The zero-order valence-electron chi connectivity index (χ0n) is 19.5. The van der Waals surface area contributed by atoms with Crippen molar-refractivity contribution in [2.24, 2.45) is 0 Å². The molecule has 0 atom stereocenters. The van der Waals surface area contributed by atoms with Crippen molar-refractivity contribution < 1.29 is 33.5 Å². The molecule has 0 saturated heterocycles. The standard InChI is InChI=1S/C9H16N2O4.C6H13NO.C5H9NO2/c1-3-4-10-8(13)6-15-9(14)5-11-7(2)12;1-3-5-7-6(8)4-2;1-4(7)3-6-5(2)8/h3-6H2,1-2H3,(H,10,13)(H,11,12);3-5H2,1-2H3,(H,7,8);3H2,1-2H3,(H,6,8). The number of carbonyl (C=O) groups excluding carboxylic acids is 6. The molecule has 0 spiro atoms. The predicted molar refractivity (Wildman–Crippen MR) is 116 cm³/mol. The van der Waals surface area contributed by atoms with Gasteiger partial charge in [0.2, 0.25) is 17.7 Å². The zero-order valence-corrected chi connectivity index (χ0v) is 19.5. The van der Waals surface area contributed by atoms with Crippen LogP contribution < -0.4 is 21.3 Å². The fraction of sp³-hybridized carbons (Fsp3) is 0.700. The molecule has 0 rings (SSSR count). The Kier molecular flexibility index (Phi) is 24.6. The molecule has 4 amide bonds. The molecule has 0 radical (unpaired) electrons. The van der Waals surface area contributed by atoms with Crippen molar-refractivity contribution in [3.63, 3.8) is 0 Å². The number of Topliss-reactive ketones (excluding diaryl/α,β-unsaturated/α-hetero) is 1. The third-order valence-electron chi connectivity index (χ3n) is 2.90. The van der Waals surface area contributed by atoms with Gasteiger partial charge in [0.1, 0.15) is 12.3 Å². The van der Waals surface area contributed by atoms with E-state index in [4.69, 9.17) is 0 Å². The summed E-state index contributed by atoms with van der Waals surface area (Å²) in [6.45, 7) is 10.9. The molecule has 0 aromatic heterocycles. The van der Waals surface area contributed by atoms with E-state index in [-0.39, 0.29) is 49.1 Å². The Bertz CT molecular complexity index is 552. The van der Waals surface area contributed by atoms with E-state index in [1.165, 1.54) is 20.8 Å². The van der Waals surface area contributed by atoms with Crippen LogP contribution in [-0.4, -0.2) is 68.2 Å². The van der Waals surface area contributed by atoms with Gasteiger partial charge in [-0.2, -0.15) is 0 Å². The highest BCUT2D eigenvalue weighted by atomic mass is 16.5. The quantitative estimate of drug-likeness (QED) is 0.320. The fourth-order valence-electron chi connectivity index (χ4n) is 1.35. The van der Waals surface area contributed by atoms with Crippen LogP contribution in [0, 0.1) is 0 Å². The Morgan fingerprint density at radius 2 is 1.10 bits per heavy atom. The maximum Gasteiger partial charge on any atom is 0.325 e. The molecule has 11 heteroatoms. The molecule has 0 fully saturated rings. The zero-order chi connectivity index (χ0) is 24.7. The minimum atomic E-state index is -0.628. The van der Waals surface area contributed by atoms with Gasteiger partial charge in [0.15, 0.2) is 6.61 Å². The van der Waals surface area contributed by atoms with Crippen molar-refractivity contribution in [3.05, 3.63) is 0 Å². The van der Waals surface area contributed by atoms with E-state index >= 15 is 0 Å². The number of carbonyl (C=O) groups is 6. The molecular weight excluding hydrogens is 408 g/mol. The summed E-state index contributed by atoms with van der Waals surface area (Å²) in [5.74, 6) is -1.33. The molecule has 4 N–H and O–H groups in total. The van der Waals surface area contributed by atoms with Gasteiger partial charge in [0.05, 0.1) is 6.54 Å². The third-order valence-corrected chi connectivity index (χ3v) is 2.90. The largest absolute Gasteiger partial charge is 0.454 e. The highest BCUT2D eigenvalue weighted by Crippen LogP contribution is 1.79. The van der Waals surface area contributed by atoms with E-state index in [1.807, 2.05) is 20.8 Å². The maximum atomic E-state index is 11.0. The van der Waals surface area contributed by atoms with Crippen LogP contribution in [0.4, 0.5) is 0 Å². The molecule has 0 aliphatic heterocycles. The monoisotopic (exact) mass is 446 g/mol. The van der Waals surface area contributed by atoms with Gasteiger partial charge in [0.25, 0.3) is 5.91 Å². The first kappa shape index (κ1) is 32.7. The van der Waals surface area contributed by atoms with Crippen molar-refractivity contribution in [1.29, 1.82) is 0 Å². The van der Waals surface area contributed by atoms with Crippen LogP contribution in [0.2, 0.25) is 0 Å². The second-order valence-corrected chi connectivity index (χ2v) is 6.24. The highest BCUT2D eigenvalue weighted by molar-refractivity contribution is 5.84. The highest BCUT2D eigenvalue weighted by Gasteiger charge is 2.06. The lowest BCUT2D eigenvalue weighted by molar-refractivity contribution is -0.148. The minimum absolute atomic E-state index is 0.0276. The first-order valence-corrected chi connectivity index (χ1v) is 10.2. The normalized spacial score (nSPS) is 8.84. The summed E-state index contributed by atoms with van der Waals surface area (Å²) in [5, 5.41) is 9.92. The molecule has 180 valence electrons. The van der Waals surface area contributed by atoms with Crippen LogP contribution in [0.1, 0.15) is 60.8 Å².